The first-order valence-corrected chi connectivity index (χ1v) is 23.1. The Bertz CT molecular complexity index is 1610. The summed E-state index contributed by atoms with van der Waals surface area (Å²) in [5.41, 5.74) is 12.0. The van der Waals surface area contributed by atoms with Crippen LogP contribution in [0.15, 0.2) is 118 Å². The fourth-order valence-corrected chi connectivity index (χ4v) is 23.6. The summed E-state index contributed by atoms with van der Waals surface area (Å²) in [7, 11) is -1.60. The van der Waals surface area contributed by atoms with E-state index in [1.54, 1.807) is 14.3 Å². The predicted octanol–water partition coefficient (Wildman–Crippen LogP) is 5.04. The van der Waals surface area contributed by atoms with Gasteiger partial charge in [0, 0.05) is 0 Å². The zero-order valence-electron chi connectivity index (χ0n) is 27.5. The van der Waals surface area contributed by atoms with Crippen LogP contribution in [-0.2, 0) is 34.1 Å². The van der Waals surface area contributed by atoms with Crippen molar-refractivity contribution in [2.24, 2.45) is 0 Å². The predicted molar refractivity (Wildman–Crippen MR) is 187 cm³/mol. The molecule has 6 rings (SSSR count). The Kier molecular flexibility index (Phi) is 12.4. The van der Waals surface area contributed by atoms with E-state index >= 15 is 0 Å². The van der Waals surface area contributed by atoms with Crippen LogP contribution < -0.4 is 24.8 Å². The maximum absolute atomic E-state index is 2.76. The number of rotatable bonds is 10. The topological polar surface area (TPSA) is 0 Å². The fourth-order valence-electron chi connectivity index (χ4n) is 7.85. The summed E-state index contributed by atoms with van der Waals surface area (Å²) in [6, 6.07) is 41.9. The number of aryl methyl sites for hydroxylation is 2. The first kappa shape index (κ1) is 35.8. The number of benzene rings is 4. The van der Waals surface area contributed by atoms with Gasteiger partial charge in [-0.25, -0.2) is 0 Å². The molecule has 0 amide bonds. The number of halogens is 2. The molecule has 0 aliphatic heterocycles. The third-order valence-electron chi connectivity index (χ3n) is 10.5. The van der Waals surface area contributed by atoms with Gasteiger partial charge < -0.3 is 24.8 Å². The Labute approximate surface area is 293 Å². The first-order valence-electron chi connectivity index (χ1n) is 16.6. The molecule has 2 aliphatic rings. The molecule has 0 saturated carbocycles. The van der Waals surface area contributed by atoms with E-state index in [4.69, 9.17) is 0 Å². The average Bonchev–Trinajstić information content (AvgIpc) is 3.68. The number of hydrogen-bond acceptors (Lipinski definition) is 0. The van der Waals surface area contributed by atoms with Crippen molar-refractivity contribution in [3.05, 3.63) is 151 Å². The van der Waals surface area contributed by atoms with Crippen molar-refractivity contribution in [2.75, 3.05) is 0 Å². The van der Waals surface area contributed by atoms with E-state index < -0.39 is 29.3 Å². The minimum absolute atomic E-state index is 0. The zero-order chi connectivity index (χ0) is 30.0. The third kappa shape index (κ3) is 6.56. The fraction of sp³-hybridized carbons (Fsp3) is 0.293. The second-order valence-corrected chi connectivity index (χ2v) is 23.7. The normalized spacial score (nSPS) is 13.4. The number of allylic oxidation sites excluding steroid dienone is 4. The molecule has 232 valence electrons. The summed E-state index contributed by atoms with van der Waals surface area (Å²) >= 11 is -2.76. The molecule has 0 saturated heterocycles. The van der Waals surface area contributed by atoms with Crippen molar-refractivity contribution in [2.45, 2.75) is 75.6 Å². The molecule has 0 nitrogen and oxygen atoms in total. The quantitative estimate of drug-likeness (QED) is 0.201. The van der Waals surface area contributed by atoms with Crippen molar-refractivity contribution in [1.82, 2.24) is 0 Å². The number of fused-ring (bicyclic) bond motifs is 3. The van der Waals surface area contributed by atoms with Crippen LogP contribution in [0.3, 0.4) is 0 Å². The summed E-state index contributed by atoms with van der Waals surface area (Å²) in [5.74, 6) is 0. The van der Waals surface area contributed by atoms with Gasteiger partial charge in [0.25, 0.3) is 0 Å². The first-order chi connectivity index (χ1) is 21.1. The standard InChI is InChI=1S/C17H17.C13H10.C11H19Si.2ClH.Zr/c1-3-12-5-7-16-14(9-12)11-15-10-13(4-2)6-8-17(15)16;1-3-7-12(8-4-1)11-13-9-5-2-6-10-13;1-4-12(5-2,6-3)11-9-7-8-10-11;;;/h5-11H,3-4H2,1-2H3;1-10H;7,9H,4-6,8H2,1-3H3;2*1H;/q;;;;;+2/p-2. The largest absolute Gasteiger partial charge is 1.00 e. The van der Waals surface area contributed by atoms with Gasteiger partial charge >= 0.3 is 270 Å². The SMILES string of the molecule is CCc1ccc2c(c1)[CH]([Zr+2]([C]1=C([Si](CC)(CC)CC)C=CC1)=[C](c1ccccc1)c1ccccc1)c1cc(CC)ccc1-2.[Cl-].[Cl-]. The Morgan fingerprint density at radius 2 is 1.11 bits per heavy atom. The van der Waals surface area contributed by atoms with E-state index in [2.05, 4.69) is 144 Å². The molecule has 0 bridgehead atoms. The van der Waals surface area contributed by atoms with Gasteiger partial charge in [0.2, 0.25) is 0 Å². The molecule has 0 spiro atoms. The molecule has 2 aliphatic carbocycles. The van der Waals surface area contributed by atoms with Crippen LogP contribution in [0, 0.1) is 0 Å². The van der Waals surface area contributed by atoms with Gasteiger partial charge in [0.15, 0.2) is 0 Å². The molecule has 0 heterocycles. The minimum atomic E-state index is -2.76. The zero-order valence-corrected chi connectivity index (χ0v) is 32.4. The van der Waals surface area contributed by atoms with Gasteiger partial charge in [-0.05, 0) is 0 Å². The molecule has 4 aromatic carbocycles. The smallest absolute Gasteiger partial charge is 1.00 e. The molecular weight excluding hydrogens is 683 g/mol. The van der Waals surface area contributed by atoms with Crippen molar-refractivity contribution in [1.29, 1.82) is 0 Å². The van der Waals surface area contributed by atoms with Crippen molar-refractivity contribution >= 4 is 11.3 Å². The van der Waals surface area contributed by atoms with Crippen LogP contribution in [0.2, 0.25) is 18.1 Å². The molecule has 0 N–H and O–H groups in total. The molecule has 4 heteroatoms. The summed E-state index contributed by atoms with van der Waals surface area (Å²) in [5, 5.41) is 1.83. The van der Waals surface area contributed by atoms with Gasteiger partial charge in [-0.1, -0.05) is 0 Å². The molecule has 4 aromatic rings. The van der Waals surface area contributed by atoms with Crippen LogP contribution in [0.1, 0.15) is 78.0 Å². The summed E-state index contributed by atoms with van der Waals surface area (Å²) in [6.07, 6.45) is 8.47. The van der Waals surface area contributed by atoms with Gasteiger partial charge in [0.1, 0.15) is 0 Å². The van der Waals surface area contributed by atoms with Crippen molar-refractivity contribution in [3.8, 4) is 11.1 Å². The Balaban J connectivity index is 0.00000230. The van der Waals surface area contributed by atoms with Crippen molar-refractivity contribution < 1.29 is 46.1 Å². The van der Waals surface area contributed by atoms with Crippen LogP contribution >= 0.6 is 0 Å². The Hall–Kier alpha value is -2.09. The van der Waals surface area contributed by atoms with E-state index in [-0.39, 0.29) is 24.8 Å². The molecular formula is C41H46Cl2SiZr. The van der Waals surface area contributed by atoms with Crippen LogP contribution in [0.5, 0.6) is 0 Å². The second kappa shape index (κ2) is 15.7. The van der Waals surface area contributed by atoms with Gasteiger partial charge in [0.05, 0.1) is 0 Å². The third-order valence-corrected chi connectivity index (χ3v) is 25.2. The maximum atomic E-state index is 2.62. The molecule has 0 aromatic heterocycles. The van der Waals surface area contributed by atoms with E-state index in [1.807, 2.05) is 8.48 Å². The maximum Gasteiger partial charge on any atom is -1.00 e. The van der Waals surface area contributed by atoms with E-state index in [9.17, 15) is 0 Å². The van der Waals surface area contributed by atoms with Gasteiger partial charge in [-0.2, -0.15) is 0 Å². The molecule has 0 unspecified atom stereocenters. The van der Waals surface area contributed by atoms with Crippen molar-refractivity contribution in [3.63, 3.8) is 0 Å². The molecule has 0 atom stereocenters. The minimum Gasteiger partial charge on any atom is -1.00 e. The summed E-state index contributed by atoms with van der Waals surface area (Å²) in [4.78, 5) is 0. The van der Waals surface area contributed by atoms with Gasteiger partial charge in [-0.15, -0.1) is 0 Å². The summed E-state index contributed by atoms with van der Waals surface area (Å²) in [6.45, 7) is 12.1. The van der Waals surface area contributed by atoms with Crippen LogP contribution in [0.4, 0.5) is 0 Å². The molecule has 45 heavy (non-hydrogen) atoms. The Morgan fingerprint density at radius 3 is 1.53 bits per heavy atom. The monoisotopic (exact) mass is 726 g/mol. The average molecular weight is 729 g/mol. The second-order valence-electron chi connectivity index (χ2n) is 12.3. The Morgan fingerprint density at radius 1 is 0.644 bits per heavy atom. The molecule has 0 fully saturated rings. The van der Waals surface area contributed by atoms with Crippen LogP contribution in [0.25, 0.3) is 11.1 Å². The van der Waals surface area contributed by atoms with E-state index in [0.717, 1.165) is 19.3 Å². The van der Waals surface area contributed by atoms with E-state index in [1.165, 1.54) is 51.5 Å². The van der Waals surface area contributed by atoms with Crippen LogP contribution in [-0.4, -0.2) is 11.3 Å². The summed E-state index contributed by atoms with van der Waals surface area (Å²) < 4.78 is 4.04. The van der Waals surface area contributed by atoms with E-state index in [0.29, 0.717) is 3.63 Å². The van der Waals surface area contributed by atoms with Gasteiger partial charge in [-0.3, -0.25) is 0 Å². The number of hydrogen-bond donors (Lipinski definition) is 0. The molecule has 0 radical (unpaired) electrons.